The number of hydrogen-bond donors (Lipinski definition) is 3. The van der Waals surface area contributed by atoms with E-state index in [1.54, 1.807) is 24.5 Å². The number of benzene rings is 1. The lowest BCUT2D eigenvalue weighted by Gasteiger charge is -2.15. The summed E-state index contributed by atoms with van der Waals surface area (Å²) < 4.78 is 0. The first-order valence-corrected chi connectivity index (χ1v) is 9.85. The van der Waals surface area contributed by atoms with Crippen LogP contribution >= 0.6 is 23.2 Å². The fraction of sp³-hybridized carbons (Fsp3) is 0.250. The van der Waals surface area contributed by atoms with Crippen molar-refractivity contribution in [1.82, 2.24) is 15.0 Å². The van der Waals surface area contributed by atoms with Gasteiger partial charge >= 0.3 is 0 Å². The molecule has 0 amide bonds. The summed E-state index contributed by atoms with van der Waals surface area (Å²) in [4.78, 5) is 13.3. The highest BCUT2D eigenvalue weighted by Gasteiger charge is 2.17. The Bertz CT molecular complexity index is 955. The maximum Gasteiger partial charge on any atom is 0.225 e. The fourth-order valence-corrected chi connectivity index (χ4v) is 3.77. The van der Waals surface area contributed by atoms with E-state index in [2.05, 4.69) is 25.6 Å². The second kappa shape index (κ2) is 8.20. The van der Waals surface area contributed by atoms with E-state index in [-0.39, 0.29) is 15.8 Å². The Hall–Kier alpha value is -2.57. The monoisotopic (exact) mass is 415 g/mol. The molecule has 2 aromatic heterocycles. The van der Waals surface area contributed by atoms with E-state index in [0.717, 1.165) is 24.1 Å². The molecule has 28 heavy (non-hydrogen) atoms. The summed E-state index contributed by atoms with van der Waals surface area (Å²) in [5, 5.41) is 16.7. The summed E-state index contributed by atoms with van der Waals surface area (Å²) in [6, 6.07) is 9.24. The van der Waals surface area contributed by atoms with E-state index < -0.39 is 0 Å². The van der Waals surface area contributed by atoms with Crippen LogP contribution in [0.4, 0.5) is 17.5 Å². The minimum Gasteiger partial charge on any atom is -0.505 e. The SMILES string of the molecule is Oc1c(Cl)cc(Nc2cc(-c3ccncc3)nc(NC3CCCC3)n2)cc1Cl. The van der Waals surface area contributed by atoms with Crippen molar-refractivity contribution in [2.24, 2.45) is 0 Å². The summed E-state index contributed by atoms with van der Waals surface area (Å²) in [6.07, 6.45) is 8.14. The molecule has 4 rings (SSSR count). The summed E-state index contributed by atoms with van der Waals surface area (Å²) in [6.45, 7) is 0. The minimum absolute atomic E-state index is 0.141. The van der Waals surface area contributed by atoms with Crippen LogP contribution in [-0.4, -0.2) is 26.1 Å². The molecule has 0 radical (unpaired) electrons. The molecule has 8 heteroatoms. The standard InChI is InChI=1S/C20H19Cl2N5O/c21-15-9-14(10-16(22)19(15)28)24-18-11-17(12-5-7-23-8-6-12)26-20(27-18)25-13-3-1-2-4-13/h5-11,13,28H,1-4H2,(H2,24,25,26,27). The van der Waals surface area contributed by atoms with Crippen LogP contribution in [0.3, 0.4) is 0 Å². The first-order chi connectivity index (χ1) is 13.6. The number of anilines is 3. The molecule has 0 saturated heterocycles. The van der Waals surface area contributed by atoms with Crippen molar-refractivity contribution in [2.45, 2.75) is 31.7 Å². The first kappa shape index (κ1) is 18.8. The number of nitrogens with one attached hydrogen (secondary N) is 2. The van der Waals surface area contributed by atoms with Gasteiger partial charge in [0.15, 0.2) is 5.75 Å². The van der Waals surface area contributed by atoms with Gasteiger partial charge in [0, 0.05) is 35.8 Å². The molecule has 144 valence electrons. The van der Waals surface area contributed by atoms with Gasteiger partial charge in [0.1, 0.15) is 5.82 Å². The Balaban J connectivity index is 1.68. The Kier molecular flexibility index (Phi) is 5.50. The number of aromatic nitrogens is 3. The Morgan fingerprint density at radius 1 is 0.964 bits per heavy atom. The maximum absolute atomic E-state index is 9.76. The second-order valence-electron chi connectivity index (χ2n) is 6.74. The number of halogens is 2. The molecule has 0 bridgehead atoms. The molecule has 3 N–H and O–H groups in total. The largest absolute Gasteiger partial charge is 0.505 e. The zero-order chi connectivity index (χ0) is 19.5. The molecule has 6 nitrogen and oxygen atoms in total. The van der Waals surface area contributed by atoms with Gasteiger partial charge in [-0.25, -0.2) is 4.98 Å². The summed E-state index contributed by atoms with van der Waals surface area (Å²) in [5.41, 5.74) is 2.34. The zero-order valence-electron chi connectivity index (χ0n) is 15.0. The van der Waals surface area contributed by atoms with Gasteiger partial charge in [-0.3, -0.25) is 4.98 Å². The molecule has 1 aromatic carbocycles. The second-order valence-corrected chi connectivity index (χ2v) is 7.55. The molecule has 3 aromatic rings. The Morgan fingerprint density at radius 3 is 2.32 bits per heavy atom. The van der Waals surface area contributed by atoms with Gasteiger partial charge in [-0.2, -0.15) is 4.98 Å². The highest BCUT2D eigenvalue weighted by molar-refractivity contribution is 6.37. The smallest absolute Gasteiger partial charge is 0.225 e. The molecule has 0 aliphatic heterocycles. The van der Waals surface area contributed by atoms with Crippen molar-refractivity contribution in [3.63, 3.8) is 0 Å². The normalized spacial score (nSPS) is 14.2. The highest BCUT2D eigenvalue weighted by atomic mass is 35.5. The Morgan fingerprint density at radius 2 is 1.64 bits per heavy atom. The number of pyridine rings is 1. The number of phenols is 1. The molecule has 2 heterocycles. The van der Waals surface area contributed by atoms with Gasteiger partial charge in [-0.1, -0.05) is 36.0 Å². The zero-order valence-corrected chi connectivity index (χ0v) is 16.5. The van der Waals surface area contributed by atoms with Crippen molar-refractivity contribution in [3.8, 4) is 17.0 Å². The van der Waals surface area contributed by atoms with Crippen molar-refractivity contribution in [2.75, 3.05) is 10.6 Å². The third kappa shape index (κ3) is 4.29. The molecular weight excluding hydrogens is 397 g/mol. The highest BCUT2D eigenvalue weighted by Crippen LogP contribution is 2.36. The predicted octanol–water partition coefficient (Wildman–Crippen LogP) is 5.65. The van der Waals surface area contributed by atoms with E-state index in [1.807, 2.05) is 18.2 Å². The molecule has 1 saturated carbocycles. The van der Waals surface area contributed by atoms with Crippen LogP contribution in [0.2, 0.25) is 10.0 Å². The van der Waals surface area contributed by atoms with Crippen molar-refractivity contribution < 1.29 is 5.11 Å². The van der Waals surface area contributed by atoms with E-state index >= 15 is 0 Å². The van der Waals surface area contributed by atoms with Crippen LogP contribution in [0, 0.1) is 0 Å². The van der Waals surface area contributed by atoms with Crippen LogP contribution in [-0.2, 0) is 0 Å². The average Bonchev–Trinajstić information content (AvgIpc) is 3.19. The van der Waals surface area contributed by atoms with Gasteiger partial charge in [0.2, 0.25) is 5.95 Å². The van der Waals surface area contributed by atoms with Crippen LogP contribution in [0.15, 0.2) is 42.7 Å². The molecule has 0 spiro atoms. The molecular formula is C20H19Cl2N5O. The third-order valence-corrected chi connectivity index (χ3v) is 5.26. The van der Waals surface area contributed by atoms with Crippen molar-refractivity contribution >= 4 is 40.7 Å². The van der Waals surface area contributed by atoms with E-state index in [0.29, 0.717) is 23.5 Å². The van der Waals surface area contributed by atoms with E-state index in [4.69, 9.17) is 23.2 Å². The van der Waals surface area contributed by atoms with E-state index in [1.165, 1.54) is 12.8 Å². The molecule has 1 aliphatic carbocycles. The minimum atomic E-state index is -0.141. The lowest BCUT2D eigenvalue weighted by molar-refractivity contribution is 0.476. The number of hydrogen-bond acceptors (Lipinski definition) is 6. The maximum atomic E-state index is 9.76. The molecule has 0 unspecified atom stereocenters. The van der Waals surface area contributed by atoms with Crippen molar-refractivity contribution in [3.05, 3.63) is 52.8 Å². The quantitative estimate of drug-likeness (QED) is 0.467. The summed E-state index contributed by atoms with van der Waals surface area (Å²) in [5.74, 6) is 1.03. The number of rotatable bonds is 5. The van der Waals surface area contributed by atoms with Crippen molar-refractivity contribution in [1.29, 1.82) is 0 Å². The lowest BCUT2D eigenvalue weighted by Crippen LogP contribution is -2.17. The number of nitrogens with zero attached hydrogens (tertiary/aromatic N) is 3. The number of aromatic hydroxyl groups is 1. The average molecular weight is 416 g/mol. The lowest BCUT2D eigenvalue weighted by atomic mass is 10.2. The van der Waals surface area contributed by atoms with Gasteiger partial charge in [-0.15, -0.1) is 0 Å². The van der Waals surface area contributed by atoms with Gasteiger partial charge in [0.05, 0.1) is 15.7 Å². The molecule has 1 fully saturated rings. The third-order valence-electron chi connectivity index (χ3n) is 4.68. The molecule has 1 aliphatic rings. The topological polar surface area (TPSA) is 83.0 Å². The van der Waals surface area contributed by atoms with Crippen LogP contribution in [0.1, 0.15) is 25.7 Å². The Labute approximate surface area is 173 Å². The first-order valence-electron chi connectivity index (χ1n) is 9.09. The number of phenolic OH excluding ortho intramolecular Hbond substituents is 1. The predicted molar refractivity (Wildman–Crippen MR) is 113 cm³/mol. The van der Waals surface area contributed by atoms with Crippen LogP contribution in [0.25, 0.3) is 11.3 Å². The van der Waals surface area contributed by atoms with Gasteiger partial charge in [0.25, 0.3) is 0 Å². The van der Waals surface area contributed by atoms with Crippen LogP contribution < -0.4 is 10.6 Å². The fourth-order valence-electron chi connectivity index (χ4n) is 3.28. The van der Waals surface area contributed by atoms with Crippen LogP contribution in [0.5, 0.6) is 5.75 Å². The van der Waals surface area contributed by atoms with Gasteiger partial charge < -0.3 is 15.7 Å². The summed E-state index contributed by atoms with van der Waals surface area (Å²) >= 11 is 12.1. The van der Waals surface area contributed by atoms with Gasteiger partial charge in [-0.05, 0) is 37.1 Å². The summed E-state index contributed by atoms with van der Waals surface area (Å²) in [7, 11) is 0. The molecule has 0 atom stereocenters. The van der Waals surface area contributed by atoms with E-state index in [9.17, 15) is 5.11 Å².